The number of aromatic nitrogens is 3. The van der Waals surface area contributed by atoms with Crippen molar-refractivity contribution in [3.63, 3.8) is 0 Å². The van der Waals surface area contributed by atoms with Gasteiger partial charge in [0.2, 0.25) is 0 Å². The van der Waals surface area contributed by atoms with Gasteiger partial charge in [-0.1, -0.05) is 30.3 Å². The Morgan fingerprint density at radius 2 is 1.86 bits per heavy atom. The number of hydrogen-bond acceptors (Lipinski definition) is 3. The maximum atomic E-state index is 6.12. The molecule has 0 saturated carbocycles. The SMILES string of the molecule is Nc1ncnc2c1c1c(n2Cc2ccccc2)CCCC1. The van der Waals surface area contributed by atoms with Crippen LogP contribution in [-0.2, 0) is 19.4 Å². The van der Waals surface area contributed by atoms with Crippen molar-refractivity contribution in [1.29, 1.82) is 0 Å². The second-order valence-electron chi connectivity index (χ2n) is 5.66. The van der Waals surface area contributed by atoms with Gasteiger partial charge in [-0.05, 0) is 36.8 Å². The fourth-order valence-electron chi connectivity index (χ4n) is 3.40. The zero-order valence-corrected chi connectivity index (χ0v) is 11.9. The third kappa shape index (κ3) is 1.98. The number of aryl methyl sites for hydroxylation is 1. The molecule has 21 heavy (non-hydrogen) atoms. The Morgan fingerprint density at radius 1 is 1.05 bits per heavy atom. The number of nitrogen functional groups attached to an aromatic ring is 1. The van der Waals surface area contributed by atoms with Crippen molar-refractivity contribution in [2.24, 2.45) is 0 Å². The van der Waals surface area contributed by atoms with Crippen molar-refractivity contribution in [2.75, 3.05) is 5.73 Å². The van der Waals surface area contributed by atoms with Crippen molar-refractivity contribution >= 4 is 16.9 Å². The Hall–Kier alpha value is -2.36. The summed E-state index contributed by atoms with van der Waals surface area (Å²) in [6.45, 7) is 0.850. The zero-order chi connectivity index (χ0) is 14.2. The number of anilines is 1. The van der Waals surface area contributed by atoms with Gasteiger partial charge in [0.1, 0.15) is 17.8 Å². The van der Waals surface area contributed by atoms with Crippen LogP contribution in [0.15, 0.2) is 36.7 Å². The minimum atomic E-state index is 0.616. The van der Waals surface area contributed by atoms with Crippen LogP contribution < -0.4 is 5.73 Å². The topological polar surface area (TPSA) is 56.7 Å². The van der Waals surface area contributed by atoms with Crippen LogP contribution in [0.3, 0.4) is 0 Å². The number of nitrogens with zero attached hydrogens (tertiary/aromatic N) is 3. The molecule has 0 bridgehead atoms. The van der Waals surface area contributed by atoms with Crippen molar-refractivity contribution in [1.82, 2.24) is 14.5 Å². The van der Waals surface area contributed by atoms with Crippen LogP contribution in [0.25, 0.3) is 11.0 Å². The molecule has 1 aliphatic rings. The quantitative estimate of drug-likeness (QED) is 0.784. The highest BCUT2D eigenvalue weighted by Crippen LogP contribution is 2.33. The first kappa shape index (κ1) is 12.4. The van der Waals surface area contributed by atoms with Gasteiger partial charge in [0.05, 0.1) is 5.39 Å². The average molecular weight is 278 g/mol. The Balaban J connectivity index is 1.93. The van der Waals surface area contributed by atoms with Crippen LogP contribution in [-0.4, -0.2) is 14.5 Å². The fourth-order valence-corrected chi connectivity index (χ4v) is 3.40. The summed E-state index contributed by atoms with van der Waals surface area (Å²) in [5.41, 5.74) is 11.2. The van der Waals surface area contributed by atoms with Gasteiger partial charge >= 0.3 is 0 Å². The standard InChI is InChI=1S/C17H18N4/c18-16-15-13-8-4-5-9-14(13)21(17(15)20-11-19-16)10-12-6-2-1-3-7-12/h1-3,6-7,11H,4-5,8-10H2,(H2,18,19,20). The van der Waals surface area contributed by atoms with Crippen molar-refractivity contribution in [2.45, 2.75) is 32.2 Å². The molecule has 0 unspecified atom stereocenters. The summed E-state index contributed by atoms with van der Waals surface area (Å²) in [6.07, 6.45) is 6.24. The summed E-state index contributed by atoms with van der Waals surface area (Å²) in [5, 5.41) is 1.07. The minimum absolute atomic E-state index is 0.616. The molecule has 4 nitrogen and oxygen atoms in total. The summed E-state index contributed by atoms with van der Waals surface area (Å²) < 4.78 is 2.33. The van der Waals surface area contributed by atoms with Gasteiger partial charge < -0.3 is 10.3 Å². The predicted octanol–water partition coefficient (Wildman–Crippen LogP) is 2.94. The Morgan fingerprint density at radius 3 is 2.71 bits per heavy atom. The maximum Gasteiger partial charge on any atom is 0.146 e. The molecule has 0 atom stereocenters. The third-order valence-corrected chi connectivity index (χ3v) is 4.36. The molecule has 0 fully saturated rings. The molecular formula is C17H18N4. The lowest BCUT2D eigenvalue weighted by molar-refractivity contribution is 0.636. The highest BCUT2D eigenvalue weighted by atomic mass is 15.1. The van der Waals surface area contributed by atoms with E-state index in [4.69, 9.17) is 5.73 Å². The molecule has 0 radical (unpaired) electrons. The van der Waals surface area contributed by atoms with E-state index in [9.17, 15) is 0 Å². The first-order valence-corrected chi connectivity index (χ1v) is 7.49. The lowest BCUT2D eigenvalue weighted by Crippen LogP contribution is -2.09. The number of nitrogens with two attached hydrogens (primary N) is 1. The molecule has 2 N–H and O–H groups in total. The van der Waals surface area contributed by atoms with Gasteiger partial charge in [-0.25, -0.2) is 9.97 Å². The van der Waals surface area contributed by atoms with E-state index >= 15 is 0 Å². The largest absolute Gasteiger partial charge is 0.383 e. The summed E-state index contributed by atoms with van der Waals surface area (Å²) in [5.74, 6) is 0.616. The first-order valence-electron chi connectivity index (χ1n) is 7.49. The van der Waals surface area contributed by atoms with Gasteiger partial charge in [0.15, 0.2) is 0 Å². The molecule has 0 saturated heterocycles. The van der Waals surface area contributed by atoms with E-state index < -0.39 is 0 Å². The van der Waals surface area contributed by atoms with Crippen molar-refractivity contribution < 1.29 is 0 Å². The molecule has 2 heterocycles. The highest BCUT2D eigenvalue weighted by molar-refractivity contribution is 5.91. The third-order valence-electron chi connectivity index (χ3n) is 4.36. The number of benzene rings is 1. The van der Waals surface area contributed by atoms with Gasteiger partial charge in [-0.3, -0.25) is 0 Å². The van der Waals surface area contributed by atoms with Crippen LogP contribution in [0.4, 0.5) is 5.82 Å². The van der Waals surface area contributed by atoms with Gasteiger partial charge in [0, 0.05) is 12.2 Å². The van der Waals surface area contributed by atoms with Crippen LogP contribution in [0.5, 0.6) is 0 Å². The number of hydrogen-bond donors (Lipinski definition) is 1. The van der Waals surface area contributed by atoms with Gasteiger partial charge in [-0.15, -0.1) is 0 Å². The fraction of sp³-hybridized carbons (Fsp3) is 0.294. The molecule has 4 rings (SSSR count). The summed E-state index contributed by atoms with van der Waals surface area (Å²) >= 11 is 0. The monoisotopic (exact) mass is 278 g/mol. The van der Waals surface area contributed by atoms with Gasteiger partial charge in [-0.2, -0.15) is 0 Å². The maximum absolute atomic E-state index is 6.12. The second kappa shape index (κ2) is 4.88. The van der Waals surface area contributed by atoms with E-state index in [-0.39, 0.29) is 0 Å². The molecule has 0 spiro atoms. The highest BCUT2D eigenvalue weighted by Gasteiger charge is 2.22. The molecular weight excluding hydrogens is 260 g/mol. The smallest absolute Gasteiger partial charge is 0.146 e. The van der Waals surface area contributed by atoms with E-state index in [0.29, 0.717) is 5.82 Å². The van der Waals surface area contributed by atoms with Crippen LogP contribution >= 0.6 is 0 Å². The normalized spacial score (nSPS) is 14.3. The summed E-state index contributed by atoms with van der Waals surface area (Å²) in [7, 11) is 0. The van der Waals surface area contributed by atoms with E-state index in [2.05, 4.69) is 38.8 Å². The number of rotatable bonds is 2. The van der Waals surface area contributed by atoms with E-state index in [1.165, 1.54) is 29.7 Å². The Labute approximate surface area is 123 Å². The zero-order valence-electron chi connectivity index (χ0n) is 11.9. The molecule has 3 aromatic rings. The van der Waals surface area contributed by atoms with E-state index in [1.54, 1.807) is 6.33 Å². The van der Waals surface area contributed by atoms with Gasteiger partial charge in [0.25, 0.3) is 0 Å². The molecule has 1 aliphatic carbocycles. The van der Waals surface area contributed by atoms with E-state index in [0.717, 1.165) is 30.4 Å². The Kier molecular flexibility index (Phi) is 2.88. The molecule has 0 amide bonds. The summed E-state index contributed by atoms with van der Waals surface area (Å²) in [4.78, 5) is 8.70. The lowest BCUT2D eigenvalue weighted by Gasteiger charge is -2.15. The van der Waals surface area contributed by atoms with Crippen molar-refractivity contribution in [3.8, 4) is 0 Å². The first-order chi connectivity index (χ1) is 10.3. The van der Waals surface area contributed by atoms with Crippen LogP contribution in [0, 0.1) is 0 Å². The minimum Gasteiger partial charge on any atom is -0.383 e. The van der Waals surface area contributed by atoms with Crippen molar-refractivity contribution in [3.05, 3.63) is 53.5 Å². The second-order valence-corrected chi connectivity index (χ2v) is 5.66. The molecule has 0 aliphatic heterocycles. The number of fused-ring (bicyclic) bond motifs is 3. The average Bonchev–Trinajstić information content (AvgIpc) is 2.84. The molecule has 4 heteroatoms. The van der Waals surface area contributed by atoms with E-state index in [1.807, 2.05) is 6.07 Å². The molecule has 106 valence electrons. The lowest BCUT2D eigenvalue weighted by atomic mass is 9.96. The predicted molar refractivity (Wildman–Crippen MR) is 84.1 cm³/mol. The molecule has 1 aromatic carbocycles. The Bertz CT molecular complexity index is 789. The van der Waals surface area contributed by atoms with Crippen LogP contribution in [0.1, 0.15) is 29.7 Å². The molecule has 2 aromatic heterocycles. The summed E-state index contributed by atoms with van der Waals surface area (Å²) in [6, 6.07) is 10.5. The van der Waals surface area contributed by atoms with Crippen LogP contribution in [0.2, 0.25) is 0 Å².